The van der Waals surface area contributed by atoms with Gasteiger partial charge in [0.25, 0.3) is 0 Å². The third-order valence-corrected chi connectivity index (χ3v) is 21.7. The Bertz CT molecular complexity index is 6450. The molecule has 0 saturated carbocycles. The fraction of sp³-hybridized carbons (Fsp3) is 0.0471. The Morgan fingerprint density at radius 2 is 0.472 bits per heavy atom. The van der Waals surface area contributed by atoms with E-state index in [9.17, 15) is 122 Å². The smallest absolute Gasteiger partial charge is 0.402 e. The van der Waals surface area contributed by atoms with Crippen LogP contribution in [0, 0.1) is 0 Å². The minimum Gasteiger partial charge on any atom is -0.457 e. The standard InChI is InChI=1S/C19H9F3O6.C17H6O7.C17H8O6.C16H6O8S.C16H6O7/c1-18(19(20,21)22,8-2-4-10-12(6-8)16(25)27-14(10)23)9-3-5-11-13(7-9)17(26)28-15(11)24;18-13(7-1-3-9-11(5-7)16(21)23-14(9)19)8-2-4-10-12(6-8)17(22)24-15(10)20;18-14-10-3-1-8(6-12(10)16(20)22-14)5-9-2-4-11-13(7-9)17(21)23-15(11)19;17-13-9-3-1-7(5-11(9)15(19)23-13)25(21,22)8-2-4-10-12(6-8)16(20)24-14(10)18;17-13-9-3-1-7(5-11(9)15(19)22-13)21-8-2-4-10-12(6-8)16(20)23-14(10)18/h2-7H,1H3;1-6H;1-4,6-7H,5H2;1-6H;1-6H. The summed E-state index contributed by atoms with van der Waals surface area (Å²) in [6, 6.07) is 39.2. The van der Waals surface area contributed by atoms with Crippen LogP contribution in [0.1, 0.15) is 252 Å². The second-order valence-corrected chi connectivity index (χ2v) is 29.1. The van der Waals surface area contributed by atoms with E-state index >= 15 is 0 Å². The number of alkyl halides is 3. The molecule has 10 aromatic carbocycles. The molecular formula is C85H35F3O34S. The molecule has 606 valence electrons. The molecule has 38 heteroatoms. The Balaban J connectivity index is 0.000000114. The van der Waals surface area contributed by atoms with Crippen LogP contribution in [0.25, 0.3) is 0 Å². The van der Waals surface area contributed by atoms with Gasteiger partial charge < -0.3 is 52.1 Å². The van der Waals surface area contributed by atoms with E-state index < -0.39 is 147 Å². The number of carbonyl (C=O) groups excluding carboxylic acids is 21. The number of cyclic esters (lactones) is 20. The van der Waals surface area contributed by atoms with Crippen molar-refractivity contribution >= 4 is 135 Å². The molecule has 0 bridgehead atoms. The van der Waals surface area contributed by atoms with E-state index in [0.717, 1.165) is 78.7 Å². The molecule has 20 rings (SSSR count). The summed E-state index contributed by atoms with van der Waals surface area (Å²) in [5.74, 6) is -16.0. The molecule has 0 spiro atoms. The number of fused-ring (bicyclic) bond motifs is 10. The minimum atomic E-state index is -4.84. The largest absolute Gasteiger partial charge is 0.457 e. The third-order valence-electron chi connectivity index (χ3n) is 20.0. The number of carbonyl (C=O) groups is 21. The number of esters is 20. The maximum absolute atomic E-state index is 14.2. The SMILES string of the molecule is CC(c1ccc2c(c1)C(=O)OC2=O)(c1ccc2c(c1)C(=O)OC2=O)C(F)(F)F.O=C(c1ccc2c(c1)C(=O)OC2=O)c1ccc2c(c1)C(=O)OC2=O.O=C1OC(=O)c2cc(Cc3ccc4c(c3)C(=O)OC4=O)ccc21.O=C1OC(=O)c2cc(Oc3ccc4c(c3)C(=O)OC4=O)ccc21.O=C1OC(=O)c2cc(S(=O)(=O)c3ccc4c(c3)C(=O)OC4=O)ccc21. The van der Waals surface area contributed by atoms with Gasteiger partial charge in [-0.25, -0.2) is 104 Å². The van der Waals surface area contributed by atoms with Gasteiger partial charge in [-0.1, -0.05) is 36.4 Å². The Morgan fingerprint density at radius 3 is 0.748 bits per heavy atom. The monoisotopic (exact) mass is 1690 g/mol. The van der Waals surface area contributed by atoms with Crippen molar-refractivity contribution in [1.82, 2.24) is 0 Å². The first-order valence-corrected chi connectivity index (χ1v) is 36.4. The van der Waals surface area contributed by atoms with Crippen LogP contribution in [0.2, 0.25) is 0 Å². The van der Waals surface area contributed by atoms with Crippen LogP contribution in [0.3, 0.4) is 0 Å². The molecule has 123 heavy (non-hydrogen) atoms. The highest BCUT2D eigenvalue weighted by atomic mass is 32.2. The summed E-state index contributed by atoms with van der Waals surface area (Å²) >= 11 is 0. The minimum absolute atomic E-state index is 0.0154. The first-order valence-electron chi connectivity index (χ1n) is 34.9. The number of hydrogen-bond donors (Lipinski definition) is 0. The molecule has 0 aromatic heterocycles. The second kappa shape index (κ2) is 29.5. The summed E-state index contributed by atoms with van der Waals surface area (Å²) in [6.07, 6.45) is -4.40. The van der Waals surface area contributed by atoms with E-state index in [2.05, 4.69) is 47.4 Å². The van der Waals surface area contributed by atoms with Crippen LogP contribution >= 0.6 is 0 Å². The molecule has 34 nitrogen and oxygen atoms in total. The number of ketones is 1. The van der Waals surface area contributed by atoms with Crippen LogP contribution in [0.4, 0.5) is 13.2 Å². The van der Waals surface area contributed by atoms with Crippen molar-refractivity contribution in [2.45, 2.75) is 34.7 Å². The van der Waals surface area contributed by atoms with Gasteiger partial charge in [0.1, 0.15) is 16.9 Å². The van der Waals surface area contributed by atoms with Crippen molar-refractivity contribution in [2.75, 3.05) is 0 Å². The van der Waals surface area contributed by atoms with Crippen LogP contribution in [0.5, 0.6) is 11.5 Å². The fourth-order valence-corrected chi connectivity index (χ4v) is 14.9. The van der Waals surface area contributed by atoms with Crippen molar-refractivity contribution < 1.29 is 174 Å². The number of ether oxygens (including phenoxy) is 11. The average Bonchev–Trinajstić information content (AvgIpc) is 1.72. The Morgan fingerprint density at radius 1 is 0.260 bits per heavy atom. The second-order valence-electron chi connectivity index (χ2n) is 27.1. The van der Waals surface area contributed by atoms with Gasteiger partial charge in [0.15, 0.2) is 5.78 Å². The van der Waals surface area contributed by atoms with Crippen molar-refractivity contribution in [2.24, 2.45) is 0 Å². The summed E-state index contributed by atoms with van der Waals surface area (Å²) in [5, 5.41) is 0. The molecule has 0 saturated heterocycles. The fourth-order valence-electron chi connectivity index (χ4n) is 13.6. The zero-order chi connectivity index (χ0) is 87.6. The number of halogens is 3. The van der Waals surface area contributed by atoms with Gasteiger partial charge in [0.2, 0.25) is 9.84 Å². The molecule has 0 radical (unpaired) electrons. The van der Waals surface area contributed by atoms with E-state index in [1.807, 2.05) is 0 Å². The normalized spacial score (nSPS) is 15.4. The van der Waals surface area contributed by atoms with Crippen molar-refractivity contribution in [1.29, 1.82) is 0 Å². The van der Waals surface area contributed by atoms with Crippen molar-refractivity contribution in [3.05, 3.63) is 327 Å². The maximum Gasteiger partial charge on any atom is 0.402 e. The number of hydrogen-bond acceptors (Lipinski definition) is 34. The molecule has 0 atom stereocenters. The molecular weight excluding hydrogens is 1650 g/mol. The Kier molecular flexibility index (Phi) is 19.1. The molecule has 0 aliphatic carbocycles. The molecule has 10 aromatic rings. The van der Waals surface area contributed by atoms with Crippen LogP contribution in [0.15, 0.2) is 192 Å². The van der Waals surface area contributed by atoms with Gasteiger partial charge in [-0.05, 0) is 181 Å². The number of sulfone groups is 1. The van der Waals surface area contributed by atoms with Gasteiger partial charge in [-0.3, -0.25) is 4.79 Å². The molecule has 0 amide bonds. The average molecular weight is 1690 g/mol. The lowest BCUT2D eigenvalue weighted by molar-refractivity contribution is -0.173. The van der Waals surface area contributed by atoms with E-state index in [4.69, 9.17) is 4.74 Å². The number of benzene rings is 10. The van der Waals surface area contributed by atoms with Gasteiger partial charge in [-0.2, -0.15) is 13.2 Å². The highest BCUT2D eigenvalue weighted by Crippen LogP contribution is 2.48. The quantitative estimate of drug-likeness (QED) is 0.0531. The highest BCUT2D eigenvalue weighted by molar-refractivity contribution is 7.91. The Labute approximate surface area is 679 Å². The molecule has 0 fully saturated rings. The van der Waals surface area contributed by atoms with Crippen LogP contribution in [-0.4, -0.2) is 140 Å². The van der Waals surface area contributed by atoms with Gasteiger partial charge in [0, 0.05) is 11.1 Å². The summed E-state index contributed by atoms with van der Waals surface area (Å²) in [6.45, 7) is 0.876. The highest BCUT2D eigenvalue weighted by Gasteiger charge is 2.55. The van der Waals surface area contributed by atoms with Gasteiger partial charge >= 0.3 is 126 Å². The van der Waals surface area contributed by atoms with Crippen LogP contribution < -0.4 is 4.74 Å². The number of rotatable bonds is 10. The van der Waals surface area contributed by atoms with Gasteiger partial charge in [0.05, 0.1) is 121 Å². The van der Waals surface area contributed by atoms with Crippen molar-refractivity contribution in [3.63, 3.8) is 0 Å². The predicted octanol–water partition coefficient (Wildman–Crippen LogP) is 9.85. The summed E-state index contributed by atoms with van der Waals surface area (Å²) < 4.78 is 118. The van der Waals surface area contributed by atoms with Crippen molar-refractivity contribution in [3.8, 4) is 11.5 Å². The lowest BCUT2D eigenvalue weighted by atomic mass is 9.74. The first-order chi connectivity index (χ1) is 58.3. The lowest BCUT2D eigenvalue weighted by Gasteiger charge is -2.33. The summed E-state index contributed by atoms with van der Waals surface area (Å²) in [4.78, 5) is 242. The molecule has 10 heterocycles. The first kappa shape index (κ1) is 79.6. The van der Waals surface area contributed by atoms with E-state index in [1.54, 1.807) is 36.4 Å². The third kappa shape index (κ3) is 13.9. The van der Waals surface area contributed by atoms with Crippen LogP contribution in [-0.2, 0) is 69.0 Å². The van der Waals surface area contributed by atoms with E-state index in [-0.39, 0.29) is 155 Å². The molecule has 10 aliphatic heterocycles. The predicted molar refractivity (Wildman–Crippen MR) is 386 cm³/mol. The summed E-state index contributed by atoms with van der Waals surface area (Å²) in [5.41, 5.74) is -0.786. The molecule has 0 unspecified atom stereocenters. The maximum atomic E-state index is 14.2. The van der Waals surface area contributed by atoms with E-state index in [0.29, 0.717) is 6.42 Å². The zero-order valence-electron chi connectivity index (χ0n) is 61.0. The summed E-state index contributed by atoms with van der Waals surface area (Å²) in [7, 11) is -4.10. The van der Waals surface area contributed by atoms with E-state index in [1.165, 1.54) is 84.9 Å². The van der Waals surface area contributed by atoms with Gasteiger partial charge in [-0.15, -0.1) is 0 Å². The topological polar surface area (TPSA) is 494 Å². The molecule has 0 N–H and O–H groups in total. The lowest BCUT2D eigenvalue weighted by Crippen LogP contribution is -2.41. The Hall–Kier alpha value is -17.2. The molecule has 10 aliphatic rings. The zero-order valence-corrected chi connectivity index (χ0v) is 61.8.